The van der Waals surface area contributed by atoms with Gasteiger partial charge in [0.15, 0.2) is 5.60 Å². The summed E-state index contributed by atoms with van der Waals surface area (Å²) in [6.45, 7) is 1.60. The van der Waals surface area contributed by atoms with E-state index < -0.39 is 15.6 Å². The fourth-order valence-electron chi connectivity index (χ4n) is 2.39. The molecular formula is C17H17NO4S2. The van der Waals surface area contributed by atoms with Crippen molar-refractivity contribution >= 4 is 21.4 Å². The first-order chi connectivity index (χ1) is 11.4. The lowest BCUT2D eigenvalue weighted by atomic mass is 9.99. The molecule has 2 heterocycles. The second kappa shape index (κ2) is 6.52. The second-order valence-corrected chi connectivity index (χ2v) is 8.17. The van der Waals surface area contributed by atoms with Crippen molar-refractivity contribution in [3.05, 3.63) is 76.4 Å². The molecule has 1 atom stereocenters. The summed E-state index contributed by atoms with van der Waals surface area (Å²) in [5, 5.41) is 12.9. The molecule has 1 aromatic carbocycles. The number of nitrogens with one attached hydrogen (secondary N) is 1. The lowest BCUT2D eigenvalue weighted by Gasteiger charge is -2.25. The van der Waals surface area contributed by atoms with Gasteiger partial charge in [-0.25, -0.2) is 13.1 Å². The van der Waals surface area contributed by atoms with Gasteiger partial charge in [-0.15, -0.1) is 11.3 Å². The predicted molar refractivity (Wildman–Crippen MR) is 92.4 cm³/mol. The maximum Gasteiger partial charge on any atom is 0.240 e. The molecule has 0 aliphatic heterocycles. The van der Waals surface area contributed by atoms with Crippen LogP contribution < -0.4 is 4.72 Å². The van der Waals surface area contributed by atoms with E-state index >= 15 is 0 Å². The summed E-state index contributed by atoms with van der Waals surface area (Å²) in [6, 6.07) is 13.4. The van der Waals surface area contributed by atoms with Crippen molar-refractivity contribution in [1.82, 2.24) is 4.72 Å². The molecule has 0 saturated carbocycles. The highest BCUT2D eigenvalue weighted by Gasteiger charge is 2.37. The van der Waals surface area contributed by atoms with E-state index in [0.29, 0.717) is 4.88 Å². The van der Waals surface area contributed by atoms with Crippen LogP contribution in [0, 0.1) is 6.92 Å². The highest BCUT2D eigenvalue weighted by atomic mass is 32.2. The number of aliphatic hydroxyl groups is 1. The molecule has 24 heavy (non-hydrogen) atoms. The predicted octanol–water partition coefficient (Wildman–Crippen LogP) is 2.86. The molecule has 1 unspecified atom stereocenters. The van der Waals surface area contributed by atoms with E-state index in [0.717, 1.165) is 5.56 Å². The topological polar surface area (TPSA) is 79.5 Å². The molecule has 126 valence electrons. The Morgan fingerprint density at radius 2 is 2.04 bits per heavy atom. The van der Waals surface area contributed by atoms with Gasteiger partial charge in [-0.05, 0) is 48.2 Å². The Morgan fingerprint density at radius 3 is 2.67 bits per heavy atom. The molecule has 0 aliphatic carbocycles. The van der Waals surface area contributed by atoms with Gasteiger partial charge in [-0.1, -0.05) is 18.2 Å². The van der Waals surface area contributed by atoms with E-state index in [4.69, 9.17) is 4.42 Å². The fourth-order valence-corrected chi connectivity index (χ4v) is 4.38. The van der Waals surface area contributed by atoms with Gasteiger partial charge in [-0.3, -0.25) is 0 Å². The minimum Gasteiger partial charge on any atom is -0.466 e. The zero-order valence-electron chi connectivity index (χ0n) is 13.0. The van der Waals surface area contributed by atoms with Crippen molar-refractivity contribution in [2.24, 2.45) is 0 Å². The maximum absolute atomic E-state index is 12.5. The summed E-state index contributed by atoms with van der Waals surface area (Å²) in [6.07, 6.45) is 1.45. The van der Waals surface area contributed by atoms with Gasteiger partial charge in [0.25, 0.3) is 0 Å². The molecule has 0 bridgehead atoms. The Labute approximate surface area is 144 Å². The van der Waals surface area contributed by atoms with Crippen molar-refractivity contribution in [3.63, 3.8) is 0 Å². The Bertz CT molecular complexity index is 866. The monoisotopic (exact) mass is 363 g/mol. The van der Waals surface area contributed by atoms with Gasteiger partial charge in [0.1, 0.15) is 5.76 Å². The van der Waals surface area contributed by atoms with Crippen molar-refractivity contribution in [2.45, 2.75) is 17.4 Å². The Kier molecular flexibility index (Phi) is 4.60. The quantitative estimate of drug-likeness (QED) is 0.706. The van der Waals surface area contributed by atoms with Crippen LogP contribution in [0.1, 0.15) is 16.2 Å². The fraction of sp³-hybridized carbons (Fsp3) is 0.176. The highest BCUT2D eigenvalue weighted by Crippen LogP contribution is 2.33. The minimum absolute atomic E-state index is 0.162. The van der Waals surface area contributed by atoms with Gasteiger partial charge in [0, 0.05) is 4.88 Å². The largest absolute Gasteiger partial charge is 0.466 e. The molecule has 0 spiro atoms. The lowest BCUT2D eigenvalue weighted by Crippen LogP contribution is -2.40. The molecule has 2 N–H and O–H groups in total. The lowest BCUT2D eigenvalue weighted by molar-refractivity contribution is 0.0655. The van der Waals surface area contributed by atoms with Gasteiger partial charge in [-0.2, -0.15) is 0 Å². The van der Waals surface area contributed by atoms with E-state index in [2.05, 4.69) is 4.72 Å². The zero-order valence-corrected chi connectivity index (χ0v) is 14.6. The summed E-state index contributed by atoms with van der Waals surface area (Å²) >= 11 is 1.33. The van der Waals surface area contributed by atoms with E-state index in [1.807, 2.05) is 18.4 Å². The Morgan fingerprint density at radius 1 is 1.21 bits per heavy atom. The molecule has 5 nitrogen and oxygen atoms in total. The van der Waals surface area contributed by atoms with Crippen molar-refractivity contribution in [2.75, 3.05) is 6.54 Å². The average molecular weight is 363 g/mol. The number of hydrogen-bond donors (Lipinski definition) is 2. The summed E-state index contributed by atoms with van der Waals surface area (Å²) in [5.74, 6) is 0.289. The third kappa shape index (κ3) is 3.29. The van der Waals surface area contributed by atoms with Gasteiger partial charge in [0.2, 0.25) is 10.0 Å². The summed E-state index contributed by atoms with van der Waals surface area (Å²) in [7, 11) is -3.75. The number of sulfonamides is 1. The summed E-state index contributed by atoms with van der Waals surface area (Å²) in [4.78, 5) is 0.764. The standard InChI is InChI=1S/C17H17NO4S2/c1-13-5-2-6-14(11-13)24(20,21)18-12-17(19,15-7-3-9-22-15)16-8-4-10-23-16/h2-11,18-19H,12H2,1H3. The molecule has 0 radical (unpaired) electrons. The van der Waals surface area contributed by atoms with Crippen LogP contribution in [0.2, 0.25) is 0 Å². The first-order valence-corrected chi connectivity index (χ1v) is 9.65. The van der Waals surface area contributed by atoms with Crippen LogP contribution >= 0.6 is 11.3 Å². The second-order valence-electron chi connectivity index (χ2n) is 5.46. The molecule has 3 aromatic rings. The van der Waals surface area contributed by atoms with Crippen LogP contribution in [0.25, 0.3) is 0 Å². The number of benzene rings is 1. The van der Waals surface area contributed by atoms with Crippen LogP contribution in [-0.4, -0.2) is 20.1 Å². The first kappa shape index (κ1) is 16.9. The number of hydrogen-bond acceptors (Lipinski definition) is 5. The first-order valence-electron chi connectivity index (χ1n) is 7.28. The molecule has 0 fully saturated rings. The van der Waals surface area contributed by atoms with Gasteiger partial charge >= 0.3 is 0 Å². The van der Waals surface area contributed by atoms with Crippen LogP contribution in [0.5, 0.6) is 0 Å². The van der Waals surface area contributed by atoms with Crippen LogP contribution in [0.3, 0.4) is 0 Å². The number of furan rings is 1. The Balaban J connectivity index is 1.90. The highest BCUT2D eigenvalue weighted by molar-refractivity contribution is 7.89. The normalized spacial score (nSPS) is 14.4. The Hall–Kier alpha value is -1.93. The third-order valence-electron chi connectivity index (χ3n) is 3.68. The van der Waals surface area contributed by atoms with E-state index in [-0.39, 0.29) is 17.2 Å². The number of aryl methyl sites for hydroxylation is 1. The minimum atomic E-state index is -3.75. The van der Waals surface area contributed by atoms with Gasteiger partial charge < -0.3 is 9.52 Å². The zero-order chi connectivity index (χ0) is 17.2. The van der Waals surface area contributed by atoms with Crippen LogP contribution in [0.15, 0.2) is 69.5 Å². The van der Waals surface area contributed by atoms with Crippen molar-refractivity contribution < 1.29 is 17.9 Å². The molecule has 2 aromatic heterocycles. The molecule has 7 heteroatoms. The molecular weight excluding hydrogens is 346 g/mol. The van der Waals surface area contributed by atoms with Crippen molar-refractivity contribution in [3.8, 4) is 0 Å². The summed E-state index contributed by atoms with van der Waals surface area (Å²) < 4.78 is 32.9. The molecule has 0 saturated heterocycles. The van der Waals surface area contributed by atoms with E-state index in [1.165, 1.54) is 23.7 Å². The van der Waals surface area contributed by atoms with Crippen LogP contribution in [0.4, 0.5) is 0 Å². The number of rotatable bonds is 6. The SMILES string of the molecule is Cc1cccc(S(=O)(=O)NCC(O)(c2ccco2)c2cccs2)c1. The number of thiophene rings is 1. The molecule has 3 rings (SSSR count). The maximum atomic E-state index is 12.5. The smallest absolute Gasteiger partial charge is 0.240 e. The van der Waals surface area contributed by atoms with E-state index in [1.54, 1.807) is 36.4 Å². The molecule has 0 amide bonds. The van der Waals surface area contributed by atoms with E-state index in [9.17, 15) is 13.5 Å². The average Bonchev–Trinajstić information content (AvgIpc) is 3.26. The van der Waals surface area contributed by atoms with Crippen molar-refractivity contribution in [1.29, 1.82) is 0 Å². The van der Waals surface area contributed by atoms with Crippen LogP contribution in [-0.2, 0) is 15.6 Å². The third-order valence-corrected chi connectivity index (χ3v) is 6.10. The summed E-state index contributed by atoms with van der Waals surface area (Å²) in [5.41, 5.74) is -0.716. The van der Waals surface area contributed by atoms with Gasteiger partial charge in [0.05, 0.1) is 17.7 Å². The molecule has 0 aliphatic rings.